The largest absolute Gasteiger partial charge is 0.0987 e. The van der Waals surface area contributed by atoms with E-state index in [4.69, 9.17) is 0 Å². The third kappa shape index (κ3) is 2.11. The molecular formula is C16H18. The van der Waals surface area contributed by atoms with E-state index >= 15 is 0 Å². The zero-order valence-electron chi connectivity index (χ0n) is 10.0. The van der Waals surface area contributed by atoms with E-state index in [1.165, 1.54) is 16.7 Å². The van der Waals surface area contributed by atoms with Crippen molar-refractivity contribution < 1.29 is 0 Å². The quantitative estimate of drug-likeness (QED) is 0.641. The molecule has 16 heavy (non-hydrogen) atoms. The van der Waals surface area contributed by atoms with Gasteiger partial charge in [0.25, 0.3) is 0 Å². The van der Waals surface area contributed by atoms with Gasteiger partial charge in [-0.3, -0.25) is 0 Å². The maximum atomic E-state index is 4.14. The normalized spacial score (nSPS) is 22.4. The summed E-state index contributed by atoms with van der Waals surface area (Å²) in [5, 5.41) is 0. The second-order valence-corrected chi connectivity index (χ2v) is 4.80. The minimum atomic E-state index is 0.0636. The molecule has 0 aromatic heterocycles. The van der Waals surface area contributed by atoms with Gasteiger partial charge in [0.2, 0.25) is 0 Å². The maximum absolute atomic E-state index is 4.14. The molecule has 0 atom stereocenters. The van der Waals surface area contributed by atoms with Crippen molar-refractivity contribution in [3.63, 3.8) is 0 Å². The molecule has 82 valence electrons. The second-order valence-electron chi connectivity index (χ2n) is 4.80. The summed E-state index contributed by atoms with van der Waals surface area (Å²) in [4.78, 5) is 0. The van der Waals surface area contributed by atoms with Gasteiger partial charge in [-0.25, -0.2) is 0 Å². The summed E-state index contributed by atoms with van der Waals surface area (Å²) in [6, 6.07) is 10.5. The molecule has 0 aliphatic heterocycles. The minimum absolute atomic E-state index is 0.0636. The predicted molar refractivity (Wildman–Crippen MR) is 70.6 cm³/mol. The summed E-state index contributed by atoms with van der Waals surface area (Å²) >= 11 is 0. The molecule has 1 aliphatic rings. The molecule has 1 aromatic carbocycles. The Morgan fingerprint density at radius 2 is 1.81 bits per heavy atom. The van der Waals surface area contributed by atoms with E-state index < -0.39 is 0 Å². The van der Waals surface area contributed by atoms with Crippen LogP contribution in [0.2, 0.25) is 0 Å². The highest BCUT2D eigenvalue weighted by Gasteiger charge is 2.29. The molecule has 2 rings (SSSR count). The van der Waals surface area contributed by atoms with Crippen LogP contribution in [0.1, 0.15) is 25.8 Å². The second kappa shape index (κ2) is 4.29. The fourth-order valence-corrected chi connectivity index (χ4v) is 1.99. The first-order valence-electron chi connectivity index (χ1n) is 5.74. The number of rotatable bonds is 1. The van der Waals surface area contributed by atoms with Gasteiger partial charge in [0, 0.05) is 5.41 Å². The van der Waals surface area contributed by atoms with Crippen LogP contribution in [-0.4, -0.2) is 0 Å². The van der Waals surface area contributed by atoms with Gasteiger partial charge >= 0.3 is 0 Å². The highest BCUT2D eigenvalue weighted by Crippen LogP contribution is 2.43. The van der Waals surface area contributed by atoms with Crippen molar-refractivity contribution in [1.29, 1.82) is 0 Å². The summed E-state index contributed by atoms with van der Waals surface area (Å²) in [5.41, 5.74) is 3.91. The highest BCUT2D eigenvalue weighted by molar-refractivity contribution is 5.60. The Labute approximate surface area is 98.7 Å². The molecule has 2 radical (unpaired) electrons. The molecule has 1 fully saturated rings. The lowest BCUT2D eigenvalue weighted by Gasteiger charge is -2.35. The highest BCUT2D eigenvalue weighted by atomic mass is 14.3. The van der Waals surface area contributed by atoms with Crippen LogP contribution in [0.25, 0.3) is 6.08 Å². The van der Waals surface area contributed by atoms with Crippen molar-refractivity contribution in [2.45, 2.75) is 20.3 Å². The van der Waals surface area contributed by atoms with Crippen LogP contribution in [0, 0.1) is 18.3 Å². The van der Waals surface area contributed by atoms with Crippen molar-refractivity contribution in [1.82, 2.24) is 0 Å². The van der Waals surface area contributed by atoms with Crippen LogP contribution < -0.4 is 0 Å². The van der Waals surface area contributed by atoms with Crippen molar-refractivity contribution in [3.8, 4) is 0 Å². The van der Waals surface area contributed by atoms with Crippen LogP contribution in [0.3, 0.4) is 0 Å². The zero-order chi connectivity index (χ0) is 11.6. The van der Waals surface area contributed by atoms with Gasteiger partial charge in [-0.15, -0.1) is 0 Å². The average Bonchev–Trinajstić information content (AvgIpc) is 2.27. The molecule has 1 aliphatic carbocycles. The molecule has 0 bridgehead atoms. The van der Waals surface area contributed by atoms with Crippen LogP contribution in [0.15, 0.2) is 48.1 Å². The fourth-order valence-electron chi connectivity index (χ4n) is 1.99. The number of hydrogen-bond acceptors (Lipinski definition) is 0. The lowest BCUT2D eigenvalue weighted by Crippen LogP contribution is -2.22. The molecule has 0 saturated heterocycles. The van der Waals surface area contributed by atoms with Gasteiger partial charge < -0.3 is 0 Å². The van der Waals surface area contributed by atoms with E-state index in [0.29, 0.717) is 0 Å². The molecular weight excluding hydrogens is 192 g/mol. The van der Waals surface area contributed by atoms with E-state index in [-0.39, 0.29) is 5.41 Å². The Morgan fingerprint density at radius 1 is 1.12 bits per heavy atom. The van der Waals surface area contributed by atoms with Crippen molar-refractivity contribution in [2.75, 3.05) is 0 Å². The van der Waals surface area contributed by atoms with Gasteiger partial charge in [-0.2, -0.15) is 0 Å². The molecule has 1 saturated carbocycles. The Balaban J connectivity index is 2.33. The van der Waals surface area contributed by atoms with E-state index in [1.54, 1.807) is 0 Å². The predicted octanol–water partition coefficient (Wildman–Crippen LogP) is 4.46. The first-order chi connectivity index (χ1) is 7.60. The molecule has 0 spiro atoms. The smallest absolute Gasteiger partial charge is 0.00706 e. The summed E-state index contributed by atoms with van der Waals surface area (Å²) in [5.74, 6) is 0. The monoisotopic (exact) mass is 210 g/mol. The lowest BCUT2D eigenvalue weighted by molar-refractivity contribution is 0.529. The van der Waals surface area contributed by atoms with Crippen LogP contribution in [0.5, 0.6) is 0 Å². The molecule has 0 heterocycles. The van der Waals surface area contributed by atoms with E-state index in [0.717, 1.165) is 6.42 Å². The molecule has 1 aromatic rings. The molecule has 0 heteroatoms. The number of benzene rings is 1. The summed E-state index contributed by atoms with van der Waals surface area (Å²) in [6.45, 7) is 8.61. The third-order valence-corrected chi connectivity index (χ3v) is 3.35. The summed E-state index contributed by atoms with van der Waals surface area (Å²) in [7, 11) is 0. The maximum Gasteiger partial charge on any atom is 0.00706 e. The van der Waals surface area contributed by atoms with Crippen molar-refractivity contribution in [3.05, 3.63) is 66.5 Å². The topological polar surface area (TPSA) is 0 Å². The fraction of sp³-hybridized carbons (Fsp3) is 0.250. The molecule has 0 nitrogen and oxygen atoms in total. The van der Waals surface area contributed by atoms with Gasteiger partial charge in [0.1, 0.15) is 0 Å². The number of hydrogen-bond donors (Lipinski definition) is 0. The molecule has 0 N–H and O–H groups in total. The summed E-state index contributed by atoms with van der Waals surface area (Å²) in [6.07, 6.45) is 7.77. The van der Waals surface area contributed by atoms with E-state index in [1.807, 2.05) is 6.07 Å². The molecule has 0 unspecified atom stereocenters. The Morgan fingerprint density at radius 3 is 2.50 bits per heavy atom. The van der Waals surface area contributed by atoms with E-state index in [2.05, 4.69) is 63.6 Å². The first-order valence-corrected chi connectivity index (χ1v) is 5.74. The van der Waals surface area contributed by atoms with E-state index in [9.17, 15) is 0 Å². The standard InChI is InChI=1S/C16H18/c1-13-8-7-11-15(16(13,2)3)12-14-9-5-4-6-10-14/h4-6,8-12H,1,7H2,2-3H3/b15-12+. The van der Waals surface area contributed by atoms with Gasteiger partial charge in [-0.05, 0) is 24.8 Å². The van der Waals surface area contributed by atoms with Crippen molar-refractivity contribution in [2.24, 2.45) is 5.41 Å². The Bertz CT molecular complexity index is 407. The zero-order valence-corrected chi connectivity index (χ0v) is 10.0. The van der Waals surface area contributed by atoms with Gasteiger partial charge in [-0.1, -0.05) is 68.0 Å². The van der Waals surface area contributed by atoms with Crippen LogP contribution in [0.4, 0.5) is 0 Å². The average molecular weight is 210 g/mol. The van der Waals surface area contributed by atoms with Crippen molar-refractivity contribution >= 4 is 6.08 Å². The third-order valence-electron chi connectivity index (χ3n) is 3.35. The summed E-state index contributed by atoms with van der Waals surface area (Å²) < 4.78 is 0. The van der Waals surface area contributed by atoms with Gasteiger partial charge in [0.05, 0.1) is 0 Å². The molecule has 0 amide bonds. The van der Waals surface area contributed by atoms with Gasteiger partial charge in [0.15, 0.2) is 0 Å². The SMILES string of the molecule is C=C1[CH]C[CH]/C(=C\c2ccccc2)C1(C)C. The lowest BCUT2D eigenvalue weighted by atomic mass is 9.69. The Kier molecular flexibility index (Phi) is 3.00. The minimum Gasteiger partial charge on any atom is -0.0987 e. The van der Waals surface area contributed by atoms with Crippen LogP contribution in [-0.2, 0) is 0 Å². The van der Waals surface area contributed by atoms with Crippen LogP contribution >= 0.6 is 0 Å². The first kappa shape index (κ1) is 11.2. The Hall–Kier alpha value is -1.30. The number of allylic oxidation sites excluding steroid dienone is 2.